The fraction of sp³-hybridized carbons (Fsp3) is 0.750. The minimum atomic E-state index is -1.08. The Morgan fingerprint density at radius 1 is 1.03 bits per heavy atom. The van der Waals surface area contributed by atoms with Gasteiger partial charge >= 0.3 is 0 Å². The molecule has 180 valence electrons. The minimum Gasteiger partial charge on any atom is -0.351 e. The summed E-state index contributed by atoms with van der Waals surface area (Å²) < 4.78 is 1.53. The molecule has 1 saturated heterocycles. The summed E-state index contributed by atoms with van der Waals surface area (Å²) >= 11 is 0. The van der Waals surface area contributed by atoms with Crippen LogP contribution in [0.2, 0.25) is 0 Å². The highest BCUT2D eigenvalue weighted by Crippen LogP contribution is 2.25. The van der Waals surface area contributed by atoms with E-state index in [1.54, 1.807) is 13.0 Å². The van der Waals surface area contributed by atoms with Gasteiger partial charge in [0.2, 0.25) is 5.91 Å². The number of carbonyl (C=O) groups is 3. The van der Waals surface area contributed by atoms with Crippen molar-refractivity contribution in [3.05, 3.63) is 17.5 Å². The number of piperazine rings is 1. The van der Waals surface area contributed by atoms with Crippen LogP contribution in [0.4, 0.5) is 0 Å². The lowest BCUT2D eigenvalue weighted by molar-refractivity contribution is -0.128. The molecule has 1 atom stereocenters. The zero-order valence-electron chi connectivity index (χ0n) is 19.6. The molecule has 1 aromatic heterocycles. The van der Waals surface area contributed by atoms with Crippen LogP contribution in [-0.4, -0.2) is 81.1 Å². The van der Waals surface area contributed by atoms with E-state index in [0.29, 0.717) is 24.8 Å². The molecule has 0 radical (unpaired) electrons. The van der Waals surface area contributed by atoms with Gasteiger partial charge in [0.25, 0.3) is 11.8 Å². The van der Waals surface area contributed by atoms with Crippen LogP contribution in [0, 0.1) is 0 Å². The van der Waals surface area contributed by atoms with Gasteiger partial charge in [0.15, 0.2) is 5.69 Å². The third kappa shape index (κ3) is 4.52. The Balaban J connectivity index is 1.23. The SMILES string of the molecule is CC1(C(=O)NC2CCCC2)Cn2nc(C(=O)N3CCN(C4CCCCC4)CC3)cc2C(=O)N1. The molecular weight excluding hydrogens is 420 g/mol. The third-order valence-corrected chi connectivity index (χ3v) is 7.97. The number of hydrogen-bond donors (Lipinski definition) is 2. The predicted octanol–water partition coefficient (Wildman–Crippen LogP) is 1.53. The Kier molecular flexibility index (Phi) is 6.16. The van der Waals surface area contributed by atoms with Gasteiger partial charge in [0, 0.05) is 44.3 Å². The largest absolute Gasteiger partial charge is 0.351 e. The second-order valence-corrected chi connectivity index (χ2v) is 10.4. The lowest BCUT2D eigenvalue weighted by Gasteiger charge is -2.40. The van der Waals surface area contributed by atoms with Crippen LogP contribution in [0.5, 0.6) is 0 Å². The molecule has 2 saturated carbocycles. The zero-order valence-corrected chi connectivity index (χ0v) is 19.6. The van der Waals surface area contributed by atoms with E-state index in [0.717, 1.165) is 38.8 Å². The van der Waals surface area contributed by atoms with E-state index < -0.39 is 5.54 Å². The zero-order chi connectivity index (χ0) is 23.0. The van der Waals surface area contributed by atoms with Crippen molar-refractivity contribution in [2.75, 3.05) is 26.2 Å². The molecule has 0 aromatic carbocycles. The summed E-state index contributed by atoms with van der Waals surface area (Å²) in [7, 11) is 0. The van der Waals surface area contributed by atoms with E-state index in [1.807, 2.05) is 4.90 Å². The summed E-state index contributed by atoms with van der Waals surface area (Å²) in [5.41, 5.74) is -0.456. The maximum atomic E-state index is 13.2. The summed E-state index contributed by atoms with van der Waals surface area (Å²) in [6.07, 6.45) is 10.7. The van der Waals surface area contributed by atoms with Crippen LogP contribution in [0.3, 0.4) is 0 Å². The maximum Gasteiger partial charge on any atom is 0.274 e. The highest BCUT2D eigenvalue weighted by molar-refractivity contribution is 6.01. The van der Waals surface area contributed by atoms with Crippen molar-refractivity contribution in [3.8, 4) is 0 Å². The van der Waals surface area contributed by atoms with Crippen molar-refractivity contribution in [2.24, 2.45) is 0 Å². The number of amides is 3. The quantitative estimate of drug-likeness (QED) is 0.716. The third-order valence-electron chi connectivity index (χ3n) is 7.97. The van der Waals surface area contributed by atoms with Crippen LogP contribution >= 0.6 is 0 Å². The van der Waals surface area contributed by atoms with Crippen molar-refractivity contribution < 1.29 is 14.4 Å². The summed E-state index contributed by atoms with van der Waals surface area (Å²) in [5.74, 6) is -0.681. The van der Waals surface area contributed by atoms with E-state index in [9.17, 15) is 14.4 Å². The molecule has 0 spiro atoms. The van der Waals surface area contributed by atoms with E-state index in [2.05, 4.69) is 20.6 Å². The monoisotopic (exact) mass is 456 g/mol. The topological polar surface area (TPSA) is 99.6 Å². The first-order valence-electron chi connectivity index (χ1n) is 12.7. The number of aromatic nitrogens is 2. The van der Waals surface area contributed by atoms with Gasteiger partial charge in [-0.25, -0.2) is 0 Å². The molecule has 33 heavy (non-hydrogen) atoms. The van der Waals surface area contributed by atoms with Crippen molar-refractivity contribution in [1.29, 1.82) is 0 Å². The van der Waals surface area contributed by atoms with Gasteiger partial charge in [0.1, 0.15) is 11.2 Å². The van der Waals surface area contributed by atoms with Crippen LogP contribution in [0.1, 0.15) is 85.7 Å². The van der Waals surface area contributed by atoms with Crippen LogP contribution in [0.15, 0.2) is 6.07 Å². The first-order chi connectivity index (χ1) is 15.9. The maximum absolute atomic E-state index is 13.2. The Hall–Kier alpha value is -2.42. The highest BCUT2D eigenvalue weighted by atomic mass is 16.2. The summed E-state index contributed by atoms with van der Waals surface area (Å²) in [6.45, 7) is 5.10. The Morgan fingerprint density at radius 3 is 2.39 bits per heavy atom. The highest BCUT2D eigenvalue weighted by Gasteiger charge is 2.42. The molecular formula is C24H36N6O3. The smallest absolute Gasteiger partial charge is 0.274 e. The fourth-order valence-electron chi connectivity index (χ4n) is 5.92. The van der Waals surface area contributed by atoms with Crippen LogP contribution in [-0.2, 0) is 11.3 Å². The molecule has 9 nitrogen and oxygen atoms in total. The number of carbonyl (C=O) groups excluding carboxylic acids is 3. The normalized spacial score (nSPS) is 27.3. The molecule has 3 fully saturated rings. The van der Waals surface area contributed by atoms with Crippen molar-refractivity contribution in [3.63, 3.8) is 0 Å². The van der Waals surface area contributed by atoms with Gasteiger partial charge in [-0.2, -0.15) is 5.10 Å². The summed E-state index contributed by atoms with van der Waals surface area (Å²) in [5, 5.41) is 10.4. The van der Waals surface area contributed by atoms with Gasteiger partial charge < -0.3 is 15.5 Å². The molecule has 2 aliphatic heterocycles. The average Bonchev–Trinajstić information content (AvgIpc) is 3.49. The molecule has 5 rings (SSSR count). The molecule has 3 heterocycles. The summed E-state index contributed by atoms with van der Waals surface area (Å²) in [6, 6.07) is 2.40. The van der Waals surface area contributed by atoms with E-state index in [4.69, 9.17) is 0 Å². The molecule has 1 unspecified atom stereocenters. The lowest BCUT2D eigenvalue weighted by atomic mass is 9.94. The van der Waals surface area contributed by atoms with E-state index >= 15 is 0 Å². The number of rotatable bonds is 4. The number of hydrogen-bond acceptors (Lipinski definition) is 5. The van der Waals surface area contributed by atoms with Crippen LogP contribution < -0.4 is 10.6 Å². The Labute approximate surface area is 195 Å². The number of nitrogens with zero attached hydrogens (tertiary/aromatic N) is 4. The van der Waals surface area contributed by atoms with Crippen molar-refractivity contribution >= 4 is 17.7 Å². The number of fused-ring (bicyclic) bond motifs is 1. The molecule has 0 bridgehead atoms. The Morgan fingerprint density at radius 2 is 1.70 bits per heavy atom. The molecule has 2 N–H and O–H groups in total. The summed E-state index contributed by atoms with van der Waals surface area (Å²) in [4.78, 5) is 43.3. The van der Waals surface area contributed by atoms with Crippen LogP contribution in [0.25, 0.3) is 0 Å². The predicted molar refractivity (Wildman–Crippen MR) is 123 cm³/mol. The first-order valence-corrected chi connectivity index (χ1v) is 12.7. The van der Waals surface area contributed by atoms with E-state index in [-0.39, 0.29) is 36.0 Å². The average molecular weight is 457 g/mol. The second kappa shape index (κ2) is 9.08. The number of nitrogens with one attached hydrogen (secondary N) is 2. The Bertz CT molecular complexity index is 909. The van der Waals surface area contributed by atoms with E-state index in [1.165, 1.54) is 36.8 Å². The second-order valence-electron chi connectivity index (χ2n) is 10.4. The molecule has 9 heteroatoms. The first kappa shape index (κ1) is 22.4. The standard InChI is InChI=1S/C24H36N6O3/c1-24(23(33)25-17-7-5-6-8-17)16-30-20(21(31)26-24)15-19(27-30)22(32)29-13-11-28(12-14-29)18-9-3-2-4-10-18/h15,17-18H,2-14,16H2,1H3,(H,25,33)(H,26,31). The van der Waals surface area contributed by atoms with Gasteiger partial charge in [-0.05, 0) is 32.6 Å². The molecule has 1 aromatic rings. The molecule has 4 aliphatic rings. The van der Waals surface area contributed by atoms with Crippen molar-refractivity contribution in [2.45, 2.75) is 88.9 Å². The lowest BCUT2D eigenvalue weighted by Crippen LogP contribution is -2.63. The van der Waals surface area contributed by atoms with Gasteiger partial charge in [-0.15, -0.1) is 0 Å². The van der Waals surface area contributed by atoms with Gasteiger partial charge in [-0.3, -0.25) is 24.0 Å². The van der Waals surface area contributed by atoms with Gasteiger partial charge in [0.05, 0.1) is 6.54 Å². The molecule has 3 amide bonds. The molecule has 2 aliphatic carbocycles. The van der Waals surface area contributed by atoms with Gasteiger partial charge in [-0.1, -0.05) is 32.1 Å². The van der Waals surface area contributed by atoms with Crippen molar-refractivity contribution in [1.82, 2.24) is 30.2 Å². The minimum absolute atomic E-state index is 0.134. The fourth-order valence-corrected chi connectivity index (χ4v) is 5.92.